The largest absolute Gasteiger partial charge is 0.353 e. The number of nitrogens with one attached hydrogen (secondary N) is 1. The van der Waals surface area contributed by atoms with E-state index in [1.807, 2.05) is 24.0 Å². The number of nitrogens with zero attached hydrogens (tertiary/aromatic N) is 2. The Morgan fingerprint density at radius 1 is 1.39 bits per heavy atom. The summed E-state index contributed by atoms with van der Waals surface area (Å²) in [5, 5.41) is 7.34. The summed E-state index contributed by atoms with van der Waals surface area (Å²) in [6, 6.07) is 0.402. The molecule has 18 heavy (non-hydrogen) atoms. The molecule has 1 aromatic heterocycles. The summed E-state index contributed by atoms with van der Waals surface area (Å²) < 4.78 is 1.84. The predicted octanol–water partition coefficient (Wildman–Crippen LogP) is 2.42. The van der Waals surface area contributed by atoms with E-state index in [1.165, 1.54) is 25.7 Å². The van der Waals surface area contributed by atoms with Crippen LogP contribution in [0.15, 0.2) is 12.4 Å². The van der Waals surface area contributed by atoms with Gasteiger partial charge in [-0.1, -0.05) is 25.7 Å². The maximum atomic E-state index is 11.9. The van der Waals surface area contributed by atoms with E-state index in [4.69, 9.17) is 0 Å². The molecule has 1 saturated carbocycles. The highest BCUT2D eigenvalue weighted by Crippen LogP contribution is 2.17. The summed E-state index contributed by atoms with van der Waals surface area (Å²) in [5.41, 5.74) is 1.14. The highest BCUT2D eigenvalue weighted by Gasteiger charge is 2.14. The fourth-order valence-electron chi connectivity index (χ4n) is 2.53. The normalized spacial score (nSPS) is 17.4. The zero-order valence-electron chi connectivity index (χ0n) is 11.2. The van der Waals surface area contributed by atoms with Gasteiger partial charge in [0.05, 0.1) is 6.20 Å². The minimum atomic E-state index is 0.162. The number of rotatable bonds is 4. The zero-order valence-corrected chi connectivity index (χ0v) is 11.2. The van der Waals surface area contributed by atoms with Crippen LogP contribution in [0.25, 0.3) is 0 Å². The minimum absolute atomic E-state index is 0.162. The second-order valence-corrected chi connectivity index (χ2v) is 5.29. The van der Waals surface area contributed by atoms with Crippen molar-refractivity contribution < 1.29 is 4.79 Å². The third kappa shape index (κ3) is 4.17. The Balaban J connectivity index is 1.71. The van der Waals surface area contributed by atoms with Crippen molar-refractivity contribution in [1.82, 2.24) is 15.1 Å². The first-order valence-electron chi connectivity index (χ1n) is 7.02. The second kappa shape index (κ2) is 6.57. The van der Waals surface area contributed by atoms with Crippen LogP contribution >= 0.6 is 0 Å². The summed E-state index contributed by atoms with van der Waals surface area (Å²) in [4.78, 5) is 11.9. The number of carbonyl (C=O) groups is 1. The van der Waals surface area contributed by atoms with Crippen LogP contribution in [0.4, 0.5) is 0 Å². The average Bonchev–Trinajstić information content (AvgIpc) is 2.60. The van der Waals surface area contributed by atoms with Gasteiger partial charge in [-0.25, -0.2) is 0 Å². The van der Waals surface area contributed by atoms with Crippen molar-refractivity contribution in [2.75, 3.05) is 0 Å². The van der Waals surface area contributed by atoms with Gasteiger partial charge < -0.3 is 5.32 Å². The number of hydrogen-bond donors (Lipinski definition) is 1. The van der Waals surface area contributed by atoms with E-state index in [-0.39, 0.29) is 5.91 Å². The van der Waals surface area contributed by atoms with E-state index in [1.54, 1.807) is 0 Å². The lowest BCUT2D eigenvalue weighted by atomic mass is 10.1. The van der Waals surface area contributed by atoms with Crippen LogP contribution < -0.4 is 5.32 Å². The summed E-state index contributed by atoms with van der Waals surface area (Å²) in [7, 11) is 0. The number of amides is 1. The van der Waals surface area contributed by atoms with E-state index in [0.29, 0.717) is 19.0 Å². The molecule has 1 aliphatic carbocycles. The van der Waals surface area contributed by atoms with Crippen LogP contribution in [0.3, 0.4) is 0 Å². The molecule has 100 valence electrons. The lowest BCUT2D eigenvalue weighted by Crippen LogP contribution is -2.34. The molecule has 4 heteroatoms. The maximum absolute atomic E-state index is 11.9. The second-order valence-electron chi connectivity index (χ2n) is 5.29. The fourth-order valence-corrected chi connectivity index (χ4v) is 2.53. The SMILES string of the molecule is Cc1cnn(CCC(=O)NC2CCCCCC2)c1. The van der Waals surface area contributed by atoms with Gasteiger partial charge >= 0.3 is 0 Å². The lowest BCUT2D eigenvalue weighted by molar-refractivity contribution is -0.122. The van der Waals surface area contributed by atoms with E-state index in [0.717, 1.165) is 18.4 Å². The van der Waals surface area contributed by atoms with Crippen LogP contribution in [0.5, 0.6) is 0 Å². The van der Waals surface area contributed by atoms with Gasteiger partial charge in [0.1, 0.15) is 0 Å². The van der Waals surface area contributed by atoms with Crippen molar-refractivity contribution in [2.45, 2.75) is 64.5 Å². The summed E-state index contributed by atoms with van der Waals surface area (Å²) in [6.07, 6.45) is 11.8. The molecule has 0 unspecified atom stereocenters. The van der Waals surface area contributed by atoms with Gasteiger partial charge in [-0.05, 0) is 25.3 Å². The Bertz CT molecular complexity index is 378. The molecule has 0 bridgehead atoms. The molecule has 0 saturated heterocycles. The zero-order chi connectivity index (χ0) is 12.8. The first-order valence-corrected chi connectivity index (χ1v) is 7.02. The van der Waals surface area contributed by atoms with Crippen LogP contribution in [0.2, 0.25) is 0 Å². The molecule has 1 fully saturated rings. The summed E-state index contributed by atoms with van der Waals surface area (Å²) >= 11 is 0. The third-order valence-electron chi connectivity index (χ3n) is 3.55. The molecule has 1 aromatic rings. The standard InChI is InChI=1S/C14H23N3O/c1-12-10-15-17(11-12)9-8-14(18)16-13-6-4-2-3-5-7-13/h10-11,13H,2-9H2,1H3,(H,16,18). The van der Waals surface area contributed by atoms with Gasteiger partial charge in [0.15, 0.2) is 0 Å². The van der Waals surface area contributed by atoms with Crippen molar-refractivity contribution in [1.29, 1.82) is 0 Å². The number of hydrogen-bond acceptors (Lipinski definition) is 2. The van der Waals surface area contributed by atoms with Gasteiger partial charge in [-0.2, -0.15) is 5.10 Å². The van der Waals surface area contributed by atoms with E-state index in [9.17, 15) is 4.79 Å². The van der Waals surface area contributed by atoms with Crippen molar-refractivity contribution in [3.8, 4) is 0 Å². The van der Waals surface area contributed by atoms with Gasteiger partial charge in [0, 0.05) is 25.2 Å². The molecule has 1 N–H and O–H groups in total. The number of aromatic nitrogens is 2. The molecular formula is C14H23N3O. The number of aryl methyl sites for hydroxylation is 2. The highest BCUT2D eigenvalue weighted by molar-refractivity contribution is 5.76. The molecule has 0 radical (unpaired) electrons. The Kier molecular flexibility index (Phi) is 4.79. The summed E-state index contributed by atoms with van der Waals surface area (Å²) in [6.45, 7) is 2.68. The highest BCUT2D eigenvalue weighted by atomic mass is 16.1. The Morgan fingerprint density at radius 3 is 2.72 bits per heavy atom. The monoisotopic (exact) mass is 249 g/mol. The third-order valence-corrected chi connectivity index (χ3v) is 3.55. The van der Waals surface area contributed by atoms with Crippen molar-refractivity contribution in [3.63, 3.8) is 0 Å². The first kappa shape index (κ1) is 13.1. The maximum Gasteiger partial charge on any atom is 0.222 e. The van der Waals surface area contributed by atoms with Gasteiger partial charge in [-0.15, -0.1) is 0 Å². The quantitative estimate of drug-likeness (QED) is 0.833. The lowest BCUT2D eigenvalue weighted by Gasteiger charge is -2.16. The number of carbonyl (C=O) groups excluding carboxylic acids is 1. The molecule has 4 nitrogen and oxygen atoms in total. The average molecular weight is 249 g/mol. The Labute approximate surface area is 109 Å². The van der Waals surface area contributed by atoms with E-state index >= 15 is 0 Å². The van der Waals surface area contributed by atoms with Gasteiger partial charge in [0.25, 0.3) is 0 Å². The van der Waals surface area contributed by atoms with Gasteiger partial charge in [-0.3, -0.25) is 9.48 Å². The molecule has 0 aliphatic heterocycles. The fraction of sp³-hybridized carbons (Fsp3) is 0.714. The van der Waals surface area contributed by atoms with Crippen molar-refractivity contribution in [2.24, 2.45) is 0 Å². The summed E-state index contributed by atoms with van der Waals surface area (Å²) in [5.74, 6) is 0.162. The van der Waals surface area contributed by atoms with Crippen LogP contribution in [0.1, 0.15) is 50.5 Å². The van der Waals surface area contributed by atoms with Crippen LogP contribution in [0, 0.1) is 6.92 Å². The molecule has 2 rings (SSSR count). The van der Waals surface area contributed by atoms with Crippen LogP contribution in [-0.2, 0) is 11.3 Å². The van der Waals surface area contributed by atoms with Crippen LogP contribution in [-0.4, -0.2) is 21.7 Å². The Hall–Kier alpha value is -1.32. The topological polar surface area (TPSA) is 46.9 Å². The molecule has 1 heterocycles. The molecule has 1 aliphatic rings. The van der Waals surface area contributed by atoms with Crippen molar-refractivity contribution >= 4 is 5.91 Å². The first-order chi connectivity index (χ1) is 8.74. The molecule has 0 aromatic carbocycles. The van der Waals surface area contributed by atoms with E-state index in [2.05, 4.69) is 10.4 Å². The smallest absolute Gasteiger partial charge is 0.222 e. The van der Waals surface area contributed by atoms with Gasteiger partial charge in [0.2, 0.25) is 5.91 Å². The molecular weight excluding hydrogens is 226 g/mol. The molecule has 1 amide bonds. The van der Waals surface area contributed by atoms with Crippen molar-refractivity contribution in [3.05, 3.63) is 18.0 Å². The molecule has 0 atom stereocenters. The predicted molar refractivity (Wildman–Crippen MR) is 71.2 cm³/mol. The molecule has 0 spiro atoms. The Morgan fingerprint density at radius 2 is 2.11 bits per heavy atom. The minimum Gasteiger partial charge on any atom is -0.353 e. The van der Waals surface area contributed by atoms with E-state index < -0.39 is 0 Å².